The molecule has 1 aliphatic heterocycles. The average molecular weight is 185 g/mol. The van der Waals surface area contributed by atoms with Crippen LogP contribution in [0.25, 0.3) is 0 Å². The molecule has 0 spiro atoms. The van der Waals surface area contributed by atoms with Gasteiger partial charge in [-0.1, -0.05) is 13.0 Å². The Labute approximate surface area is 77.7 Å². The number of hydroxylamine groups is 2. The minimum atomic E-state index is -0.551. The Morgan fingerprint density at radius 2 is 2.31 bits per heavy atom. The van der Waals surface area contributed by atoms with Crippen molar-refractivity contribution < 1.29 is 14.7 Å². The van der Waals surface area contributed by atoms with Crippen LogP contribution in [0.4, 0.5) is 0 Å². The van der Waals surface area contributed by atoms with Crippen molar-refractivity contribution in [1.29, 1.82) is 0 Å². The van der Waals surface area contributed by atoms with Gasteiger partial charge in [-0.05, 0) is 13.3 Å². The highest BCUT2D eigenvalue weighted by Crippen LogP contribution is 2.23. The van der Waals surface area contributed by atoms with E-state index in [1.54, 1.807) is 6.92 Å². The molecule has 74 valence electrons. The largest absolute Gasteiger partial charge is 0.464 e. The van der Waals surface area contributed by atoms with E-state index >= 15 is 0 Å². The summed E-state index contributed by atoms with van der Waals surface area (Å²) in [7, 11) is 0. The summed E-state index contributed by atoms with van der Waals surface area (Å²) in [4.78, 5) is 11.4. The molecule has 1 heterocycles. The van der Waals surface area contributed by atoms with Crippen LogP contribution in [0.1, 0.15) is 20.3 Å². The van der Waals surface area contributed by atoms with Gasteiger partial charge in [-0.2, -0.15) is 0 Å². The van der Waals surface area contributed by atoms with Crippen molar-refractivity contribution >= 4 is 5.97 Å². The molecule has 1 N–H and O–H groups in total. The minimum absolute atomic E-state index is 0.0593. The number of rotatable bonds is 3. The number of carbonyl (C=O) groups excluding carboxylic acids is 1. The molecule has 13 heavy (non-hydrogen) atoms. The lowest BCUT2D eigenvalue weighted by Crippen LogP contribution is -2.38. The molecule has 0 aliphatic carbocycles. The molecule has 4 heteroatoms. The van der Waals surface area contributed by atoms with Gasteiger partial charge in [0.05, 0.1) is 6.61 Å². The number of carbonyl (C=O) groups is 1. The van der Waals surface area contributed by atoms with Gasteiger partial charge in [0.2, 0.25) is 0 Å². The molecule has 0 amide bonds. The number of ether oxygens (including phenoxy) is 1. The lowest BCUT2D eigenvalue weighted by molar-refractivity contribution is -0.164. The quantitative estimate of drug-likeness (QED) is 0.670. The van der Waals surface area contributed by atoms with Crippen LogP contribution in [0.5, 0.6) is 0 Å². The summed E-state index contributed by atoms with van der Waals surface area (Å²) in [6.07, 6.45) is 4.15. The average Bonchev–Trinajstić information content (AvgIpc) is 2.47. The molecule has 0 aromatic rings. The van der Waals surface area contributed by atoms with Crippen molar-refractivity contribution in [1.82, 2.24) is 5.06 Å². The van der Waals surface area contributed by atoms with Crippen LogP contribution in [0.15, 0.2) is 12.3 Å². The van der Waals surface area contributed by atoms with E-state index in [1.807, 2.05) is 13.0 Å². The van der Waals surface area contributed by atoms with E-state index in [0.717, 1.165) is 11.5 Å². The summed E-state index contributed by atoms with van der Waals surface area (Å²) in [5.74, 6) is -0.300. The molecule has 0 saturated heterocycles. The summed E-state index contributed by atoms with van der Waals surface area (Å²) in [5.41, 5.74) is 0. The van der Waals surface area contributed by atoms with Crippen molar-refractivity contribution in [2.45, 2.75) is 26.3 Å². The van der Waals surface area contributed by atoms with E-state index in [1.165, 1.54) is 6.20 Å². The van der Waals surface area contributed by atoms with Crippen LogP contribution in [0.2, 0.25) is 0 Å². The summed E-state index contributed by atoms with van der Waals surface area (Å²) in [6, 6.07) is -0.551. The van der Waals surface area contributed by atoms with Crippen LogP contribution in [0.3, 0.4) is 0 Å². The molecule has 1 rings (SSSR count). The van der Waals surface area contributed by atoms with Crippen molar-refractivity contribution in [2.24, 2.45) is 5.92 Å². The molecule has 0 bridgehead atoms. The fourth-order valence-electron chi connectivity index (χ4n) is 1.46. The predicted molar refractivity (Wildman–Crippen MR) is 47.0 cm³/mol. The lowest BCUT2D eigenvalue weighted by Gasteiger charge is -2.21. The van der Waals surface area contributed by atoms with Gasteiger partial charge in [0.1, 0.15) is 0 Å². The molecule has 0 saturated carbocycles. The van der Waals surface area contributed by atoms with Gasteiger partial charge in [-0.25, -0.2) is 9.86 Å². The zero-order chi connectivity index (χ0) is 9.84. The molecular weight excluding hydrogens is 170 g/mol. The van der Waals surface area contributed by atoms with Crippen molar-refractivity contribution in [3.05, 3.63) is 12.3 Å². The van der Waals surface area contributed by atoms with E-state index in [2.05, 4.69) is 0 Å². The van der Waals surface area contributed by atoms with Gasteiger partial charge in [0, 0.05) is 12.1 Å². The molecule has 0 fully saturated rings. The molecular formula is C9H15NO3. The number of hydrogen-bond acceptors (Lipinski definition) is 4. The molecule has 0 aromatic carbocycles. The highest BCUT2D eigenvalue weighted by Gasteiger charge is 2.34. The van der Waals surface area contributed by atoms with Crippen LogP contribution in [-0.4, -0.2) is 28.9 Å². The van der Waals surface area contributed by atoms with Crippen LogP contribution < -0.4 is 0 Å². The second-order valence-electron chi connectivity index (χ2n) is 2.99. The zero-order valence-corrected chi connectivity index (χ0v) is 7.93. The highest BCUT2D eigenvalue weighted by molar-refractivity contribution is 5.77. The number of hydrogen-bond donors (Lipinski definition) is 1. The van der Waals surface area contributed by atoms with E-state index < -0.39 is 6.04 Å². The zero-order valence-electron chi connectivity index (χ0n) is 7.93. The van der Waals surface area contributed by atoms with Crippen LogP contribution >= 0.6 is 0 Å². The lowest BCUT2D eigenvalue weighted by atomic mass is 10.00. The fourth-order valence-corrected chi connectivity index (χ4v) is 1.46. The van der Waals surface area contributed by atoms with Gasteiger partial charge in [0.25, 0.3) is 0 Å². The smallest absolute Gasteiger partial charge is 0.331 e. The molecule has 4 nitrogen and oxygen atoms in total. The standard InChI is InChI=1S/C9H15NO3/c1-3-7-5-6-10(12)8(7)9(11)13-4-2/h5-8,12H,3-4H2,1-2H3. The first-order valence-electron chi connectivity index (χ1n) is 4.52. The molecule has 0 aromatic heterocycles. The van der Waals surface area contributed by atoms with E-state index in [4.69, 9.17) is 4.74 Å². The summed E-state index contributed by atoms with van der Waals surface area (Å²) < 4.78 is 4.85. The normalized spacial score (nSPS) is 26.5. The number of nitrogens with zero attached hydrogens (tertiary/aromatic N) is 1. The molecule has 0 radical (unpaired) electrons. The van der Waals surface area contributed by atoms with E-state index in [9.17, 15) is 10.0 Å². The van der Waals surface area contributed by atoms with E-state index in [0.29, 0.717) is 6.61 Å². The van der Waals surface area contributed by atoms with Gasteiger partial charge >= 0.3 is 5.97 Å². The third-order valence-corrected chi connectivity index (χ3v) is 2.18. The van der Waals surface area contributed by atoms with Gasteiger partial charge in [-0.3, -0.25) is 5.21 Å². The minimum Gasteiger partial charge on any atom is -0.464 e. The molecule has 2 unspecified atom stereocenters. The maximum Gasteiger partial charge on any atom is 0.331 e. The summed E-state index contributed by atoms with van der Waals surface area (Å²) in [5, 5.41) is 10.3. The summed E-state index contributed by atoms with van der Waals surface area (Å²) in [6.45, 7) is 4.07. The van der Waals surface area contributed by atoms with Gasteiger partial charge in [0.15, 0.2) is 6.04 Å². The fraction of sp³-hybridized carbons (Fsp3) is 0.667. The second-order valence-corrected chi connectivity index (χ2v) is 2.99. The maximum atomic E-state index is 11.4. The monoisotopic (exact) mass is 185 g/mol. The topological polar surface area (TPSA) is 49.8 Å². The Kier molecular flexibility index (Phi) is 3.31. The van der Waals surface area contributed by atoms with Gasteiger partial charge < -0.3 is 4.74 Å². The Morgan fingerprint density at radius 1 is 1.62 bits per heavy atom. The second kappa shape index (κ2) is 4.28. The third-order valence-electron chi connectivity index (χ3n) is 2.18. The summed E-state index contributed by atoms with van der Waals surface area (Å²) >= 11 is 0. The van der Waals surface area contributed by atoms with Crippen molar-refractivity contribution in [2.75, 3.05) is 6.61 Å². The number of esters is 1. The Bertz CT molecular complexity index is 215. The van der Waals surface area contributed by atoms with E-state index in [-0.39, 0.29) is 11.9 Å². The first-order chi connectivity index (χ1) is 6.20. The maximum absolute atomic E-state index is 11.4. The Balaban J connectivity index is 2.61. The third kappa shape index (κ3) is 2.01. The molecule has 1 aliphatic rings. The molecule has 2 atom stereocenters. The Hall–Kier alpha value is -1.03. The predicted octanol–water partition coefficient (Wildman–Crippen LogP) is 1.16. The van der Waals surface area contributed by atoms with Gasteiger partial charge in [-0.15, -0.1) is 0 Å². The SMILES string of the molecule is CCOC(=O)C1C(CC)C=CN1O. The van der Waals surface area contributed by atoms with Crippen LogP contribution in [-0.2, 0) is 9.53 Å². The first kappa shape index (κ1) is 10.1. The highest BCUT2D eigenvalue weighted by atomic mass is 16.6. The van der Waals surface area contributed by atoms with Crippen molar-refractivity contribution in [3.63, 3.8) is 0 Å². The Morgan fingerprint density at radius 3 is 2.85 bits per heavy atom. The van der Waals surface area contributed by atoms with Crippen LogP contribution in [0, 0.1) is 5.92 Å². The first-order valence-corrected chi connectivity index (χ1v) is 4.52. The van der Waals surface area contributed by atoms with Crippen molar-refractivity contribution in [3.8, 4) is 0 Å².